The van der Waals surface area contributed by atoms with Gasteiger partial charge in [0.2, 0.25) is 0 Å². The number of carbonyl (C=O) groups excluding carboxylic acids is 2. The van der Waals surface area contributed by atoms with Crippen molar-refractivity contribution < 1.29 is 14.7 Å². The summed E-state index contributed by atoms with van der Waals surface area (Å²) in [5, 5.41) is 12.3. The summed E-state index contributed by atoms with van der Waals surface area (Å²) in [4.78, 5) is 35.1. The molecule has 1 aromatic rings. The molecule has 0 amide bonds. The fourth-order valence-corrected chi connectivity index (χ4v) is 9.26. The zero-order chi connectivity index (χ0) is 26.0. The van der Waals surface area contributed by atoms with Gasteiger partial charge in [0.25, 0.3) is 0 Å². The van der Waals surface area contributed by atoms with Gasteiger partial charge in [-0.25, -0.2) is 4.98 Å². The Morgan fingerprint density at radius 2 is 1.95 bits per heavy atom. The summed E-state index contributed by atoms with van der Waals surface area (Å²) >= 11 is 0. The Bertz CT molecular complexity index is 1100. The summed E-state index contributed by atoms with van der Waals surface area (Å²) in [6, 6.07) is 5.98. The number of allylic oxidation sites excluding steroid dienone is 2. The fraction of sp³-hybridized carbons (Fsp3) is 0.710. The van der Waals surface area contributed by atoms with E-state index in [4.69, 9.17) is 0 Å². The first kappa shape index (κ1) is 25.2. The van der Waals surface area contributed by atoms with Crippen LogP contribution in [0.25, 0.3) is 0 Å². The molecular formula is C31H43N3O3. The molecule has 4 fully saturated rings. The molecule has 5 aliphatic rings. The average molecular weight is 506 g/mol. The molecule has 2 heterocycles. The molecule has 37 heavy (non-hydrogen) atoms. The molecule has 1 aliphatic heterocycles. The Morgan fingerprint density at radius 3 is 2.68 bits per heavy atom. The van der Waals surface area contributed by atoms with Gasteiger partial charge >= 0.3 is 0 Å². The summed E-state index contributed by atoms with van der Waals surface area (Å²) < 4.78 is 0. The van der Waals surface area contributed by atoms with Crippen molar-refractivity contribution in [2.45, 2.75) is 71.3 Å². The molecule has 200 valence electrons. The maximum Gasteiger partial charge on any atom is 0.179 e. The summed E-state index contributed by atoms with van der Waals surface area (Å²) in [6.07, 6.45) is 10.5. The fourth-order valence-electron chi connectivity index (χ4n) is 9.26. The van der Waals surface area contributed by atoms with Gasteiger partial charge in [-0.05, 0) is 73.3 Å². The van der Waals surface area contributed by atoms with Crippen molar-refractivity contribution in [3.8, 4) is 0 Å². The Hall–Kier alpha value is -2.05. The Kier molecular flexibility index (Phi) is 6.15. The number of piperazine rings is 1. The lowest BCUT2D eigenvalue weighted by atomic mass is 9.48. The molecule has 1 aromatic heterocycles. The molecule has 6 rings (SSSR count). The van der Waals surface area contributed by atoms with Crippen LogP contribution in [0.5, 0.6) is 0 Å². The van der Waals surface area contributed by atoms with E-state index >= 15 is 0 Å². The van der Waals surface area contributed by atoms with Gasteiger partial charge in [-0.15, -0.1) is 0 Å². The second kappa shape index (κ2) is 9.01. The monoisotopic (exact) mass is 505 g/mol. The van der Waals surface area contributed by atoms with Crippen LogP contribution < -0.4 is 4.90 Å². The third kappa shape index (κ3) is 3.76. The van der Waals surface area contributed by atoms with E-state index in [9.17, 15) is 14.7 Å². The highest BCUT2D eigenvalue weighted by Crippen LogP contribution is 2.67. The van der Waals surface area contributed by atoms with E-state index in [1.54, 1.807) is 5.57 Å². The van der Waals surface area contributed by atoms with Crippen LogP contribution in [0.1, 0.15) is 65.7 Å². The molecule has 0 spiro atoms. The minimum Gasteiger partial charge on any atom is -0.381 e. The standard InChI is InChI=1S/C31H43N3O3/c1-21-18-26-24-8-7-22-19-23(35)9-11-29(22,2)25(24)10-12-30(26,3)31(21,37)27(36)20-33-14-16-34(17-15-33)28-6-4-5-13-32-28/h4-6,10,13,21-22,24,26,37H,7-9,11-12,14-20H2,1-3H3/t21-,22?,24-,26+,29+,30+,31+/m1/s1. The summed E-state index contributed by atoms with van der Waals surface area (Å²) in [7, 11) is 0. The van der Waals surface area contributed by atoms with Gasteiger partial charge in [-0.1, -0.05) is 38.5 Å². The Labute approximate surface area is 221 Å². The van der Waals surface area contributed by atoms with Gasteiger partial charge in [0.15, 0.2) is 5.78 Å². The first-order valence-electron chi connectivity index (χ1n) is 14.5. The quantitative estimate of drug-likeness (QED) is 0.616. The van der Waals surface area contributed by atoms with Gasteiger partial charge in [0.05, 0.1) is 6.54 Å². The summed E-state index contributed by atoms with van der Waals surface area (Å²) in [5.41, 5.74) is -0.0632. The number of carbonyl (C=O) groups is 2. The lowest BCUT2D eigenvalue weighted by Crippen LogP contribution is -2.60. The van der Waals surface area contributed by atoms with Crippen LogP contribution in [0.2, 0.25) is 0 Å². The van der Waals surface area contributed by atoms with Crippen LogP contribution in [-0.4, -0.2) is 64.9 Å². The van der Waals surface area contributed by atoms with Crippen molar-refractivity contribution in [1.82, 2.24) is 9.88 Å². The number of aromatic nitrogens is 1. The predicted octanol–water partition coefficient (Wildman–Crippen LogP) is 4.28. The minimum absolute atomic E-state index is 0.0105. The molecule has 4 aliphatic carbocycles. The van der Waals surface area contributed by atoms with Crippen LogP contribution in [0.15, 0.2) is 36.0 Å². The van der Waals surface area contributed by atoms with Crippen molar-refractivity contribution in [3.63, 3.8) is 0 Å². The summed E-state index contributed by atoms with van der Waals surface area (Å²) in [6.45, 7) is 10.3. The molecule has 0 bridgehead atoms. The molecule has 1 saturated heterocycles. The number of anilines is 1. The van der Waals surface area contributed by atoms with Gasteiger partial charge in [-0.2, -0.15) is 0 Å². The summed E-state index contributed by atoms with van der Waals surface area (Å²) in [5.74, 6) is 2.60. The van der Waals surface area contributed by atoms with E-state index in [1.165, 1.54) is 0 Å². The molecule has 7 atom stereocenters. The van der Waals surface area contributed by atoms with Gasteiger partial charge < -0.3 is 10.0 Å². The van der Waals surface area contributed by atoms with Gasteiger partial charge in [-0.3, -0.25) is 14.5 Å². The number of Topliss-reactive ketones (excluding diaryl/α,β-unsaturated/α-hetero) is 2. The highest BCUT2D eigenvalue weighted by molar-refractivity contribution is 5.91. The van der Waals surface area contributed by atoms with Crippen molar-refractivity contribution in [1.29, 1.82) is 0 Å². The number of rotatable bonds is 4. The second-order valence-electron chi connectivity index (χ2n) is 13.2. The highest BCUT2D eigenvalue weighted by atomic mass is 16.3. The zero-order valence-corrected chi connectivity index (χ0v) is 22.8. The first-order valence-corrected chi connectivity index (χ1v) is 14.5. The number of pyridine rings is 1. The van der Waals surface area contributed by atoms with E-state index in [-0.39, 0.29) is 17.1 Å². The normalized spacial score (nSPS) is 42.0. The third-order valence-corrected chi connectivity index (χ3v) is 11.6. The lowest BCUT2D eigenvalue weighted by molar-refractivity contribution is -0.160. The van der Waals surface area contributed by atoms with Crippen LogP contribution in [0, 0.1) is 34.5 Å². The minimum atomic E-state index is -1.29. The smallest absolute Gasteiger partial charge is 0.179 e. The number of ketones is 2. The maximum atomic E-state index is 14.0. The largest absolute Gasteiger partial charge is 0.381 e. The Balaban J connectivity index is 1.19. The molecule has 3 saturated carbocycles. The molecule has 1 unspecified atom stereocenters. The van der Waals surface area contributed by atoms with Crippen molar-refractivity contribution in [2.75, 3.05) is 37.6 Å². The number of nitrogens with zero attached hydrogens (tertiary/aromatic N) is 3. The Morgan fingerprint density at radius 1 is 1.16 bits per heavy atom. The van der Waals surface area contributed by atoms with Crippen molar-refractivity contribution in [2.24, 2.45) is 34.5 Å². The lowest BCUT2D eigenvalue weighted by Gasteiger charge is -2.56. The molecule has 6 nitrogen and oxygen atoms in total. The van der Waals surface area contributed by atoms with Gasteiger partial charge in [0, 0.05) is 50.6 Å². The van der Waals surface area contributed by atoms with E-state index in [0.29, 0.717) is 36.5 Å². The van der Waals surface area contributed by atoms with Crippen LogP contribution in [0.3, 0.4) is 0 Å². The molecule has 1 N–H and O–H groups in total. The third-order valence-electron chi connectivity index (χ3n) is 11.6. The molecule has 6 heteroatoms. The van der Waals surface area contributed by atoms with E-state index in [1.807, 2.05) is 24.4 Å². The van der Waals surface area contributed by atoms with E-state index in [0.717, 1.165) is 70.5 Å². The topological polar surface area (TPSA) is 73.7 Å². The van der Waals surface area contributed by atoms with Crippen molar-refractivity contribution in [3.05, 3.63) is 36.0 Å². The van der Waals surface area contributed by atoms with Gasteiger partial charge in [0.1, 0.15) is 17.2 Å². The SMILES string of the molecule is C[C@@H]1C[C@H]2[C@@H]3CCC4CC(=O)CC[C@]4(C)C3=CC[C@]2(C)[C@@]1(O)C(=O)CN1CCN(c2ccccn2)CC1. The molecular weight excluding hydrogens is 462 g/mol. The molecule has 0 aromatic carbocycles. The second-order valence-corrected chi connectivity index (χ2v) is 13.2. The predicted molar refractivity (Wildman–Crippen MR) is 144 cm³/mol. The number of aliphatic hydroxyl groups is 1. The van der Waals surface area contributed by atoms with E-state index in [2.05, 4.69) is 41.6 Å². The number of hydrogen-bond acceptors (Lipinski definition) is 6. The number of fused-ring (bicyclic) bond motifs is 5. The van der Waals surface area contributed by atoms with E-state index < -0.39 is 11.0 Å². The number of hydrogen-bond donors (Lipinski definition) is 1. The van der Waals surface area contributed by atoms with Crippen molar-refractivity contribution >= 4 is 17.4 Å². The average Bonchev–Trinajstić information content (AvgIpc) is 3.11. The maximum absolute atomic E-state index is 14.0. The zero-order valence-electron chi connectivity index (χ0n) is 22.8. The highest BCUT2D eigenvalue weighted by Gasteiger charge is 2.67. The van der Waals surface area contributed by atoms with Crippen LogP contribution in [0.4, 0.5) is 5.82 Å². The first-order chi connectivity index (χ1) is 17.7. The van der Waals surface area contributed by atoms with Crippen LogP contribution in [-0.2, 0) is 9.59 Å². The molecule has 0 radical (unpaired) electrons. The van der Waals surface area contributed by atoms with Crippen LogP contribution >= 0.6 is 0 Å².